The molecule has 0 aliphatic rings. The Bertz CT molecular complexity index is 1220. The van der Waals surface area contributed by atoms with Crippen LogP contribution in [0.3, 0.4) is 0 Å². The van der Waals surface area contributed by atoms with Crippen molar-refractivity contribution in [3.05, 3.63) is 142 Å². The zero-order chi connectivity index (χ0) is 28.6. The van der Waals surface area contributed by atoms with E-state index in [9.17, 15) is 5.53 Å². The summed E-state index contributed by atoms with van der Waals surface area (Å²) < 4.78 is 19.0. The van der Waals surface area contributed by atoms with E-state index in [0.29, 0.717) is 19.8 Å². The second-order valence-corrected chi connectivity index (χ2v) is 12.2. The van der Waals surface area contributed by atoms with Crippen molar-refractivity contribution in [3.63, 3.8) is 0 Å². The minimum absolute atomic E-state index is 0.0343. The second-order valence-electron chi connectivity index (χ2n) is 10.3. The molecule has 6 nitrogen and oxygen atoms in total. The summed E-state index contributed by atoms with van der Waals surface area (Å²) in [5, 5.41) is 4.14. The molecule has 0 saturated heterocycles. The van der Waals surface area contributed by atoms with Gasteiger partial charge in [0.2, 0.25) is 0 Å². The third-order valence-electron chi connectivity index (χ3n) is 5.83. The van der Waals surface area contributed by atoms with Gasteiger partial charge in [0.25, 0.3) is 0 Å². The van der Waals surface area contributed by atoms with Gasteiger partial charge < -0.3 is 14.2 Å². The van der Waals surface area contributed by atoms with Crippen molar-refractivity contribution in [1.82, 2.24) is 0 Å². The lowest BCUT2D eigenvalue weighted by atomic mass is 10.0. The van der Waals surface area contributed by atoms with Gasteiger partial charge in [0.15, 0.2) is 0 Å². The molecule has 0 amide bonds. The number of rotatable bonds is 16. The highest BCUT2D eigenvalue weighted by atomic mass is 32.2. The van der Waals surface area contributed by atoms with Crippen LogP contribution in [0.5, 0.6) is 0 Å². The number of azide groups is 1. The molecule has 3 atom stereocenters. The predicted molar refractivity (Wildman–Crippen MR) is 165 cm³/mol. The zero-order valence-corrected chi connectivity index (χ0v) is 24.4. The van der Waals surface area contributed by atoms with E-state index in [-0.39, 0.29) is 11.4 Å². The fourth-order valence-corrected chi connectivity index (χ4v) is 4.98. The fraction of sp³-hybridized carbons (Fsp3) is 0.333. The van der Waals surface area contributed by atoms with E-state index in [2.05, 4.69) is 37.4 Å². The number of thioether (sulfide) groups is 1. The Kier molecular flexibility index (Phi) is 13.0. The molecule has 0 unspecified atom stereocenters. The molecule has 3 rings (SSSR count). The van der Waals surface area contributed by atoms with Crippen LogP contribution in [0.4, 0.5) is 0 Å². The van der Waals surface area contributed by atoms with Crippen LogP contribution in [-0.2, 0) is 34.0 Å². The molecular formula is C33H39N3O3S. The molecule has 3 aromatic rings. The quantitative estimate of drug-likeness (QED) is 0.0764. The lowest BCUT2D eigenvalue weighted by Crippen LogP contribution is -2.42. The molecule has 7 heteroatoms. The average molecular weight is 558 g/mol. The van der Waals surface area contributed by atoms with Gasteiger partial charge in [-0.3, -0.25) is 0 Å². The summed E-state index contributed by atoms with van der Waals surface area (Å²) in [4.78, 5) is 4.12. The van der Waals surface area contributed by atoms with E-state index >= 15 is 0 Å². The van der Waals surface area contributed by atoms with E-state index in [1.165, 1.54) is 0 Å². The van der Waals surface area contributed by atoms with Crippen LogP contribution in [0.2, 0.25) is 0 Å². The van der Waals surface area contributed by atoms with Gasteiger partial charge in [0.1, 0.15) is 6.10 Å². The van der Waals surface area contributed by atoms with Gasteiger partial charge in [-0.25, -0.2) is 0 Å². The fourth-order valence-electron chi connectivity index (χ4n) is 3.99. The molecular weight excluding hydrogens is 518 g/mol. The second kappa shape index (κ2) is 16.7. The number of hydrogen-bond acceptors (Lipinski definition) is 5. The van der Waals surface area contributed by atoms with Crippen LogP contribution >= 0.6 is 11.8 Å². The predicted octanol–water partition coefficient (Wildman–Crippen LogP) is 8.65. The van der Waals surface area contributed by atoms with Crippen molar-refractivity contribution in [2.24, 2.45) is 5.11 Å². The number of allylic oxidation sites excluding steroid dienone is 1. The van der Waals surface area contributed by atoms with E-state index in [1.54, 1.807) is 11.8 Å². The van der Waals surface area contributed by atoms with Crippen molar-refractivity contribution in [2.75, 3.05) is 6.61 Å². The summed E-state index contributed by atoms with van der Waals surface area (Å²) in [7, 11) is 0. The first-order valence-electron chi connectivity index (χ1n) is 13.4. The van der Waals surface area contributed by atoms with Crippen LogP contribution in [0.15, 0.2) is 120 Å². The minimum Gasteiger partial charge on any atom is -0.376 e. The van der Waals surface area contributed by atoms with Gasteiger partial charge in [-0.15, -0.1) is 11.8 Å². The summed E-state index contributed by atoms with van der Waals surface area (Å²) in [5.41, 5.74) is 12.6. The van der Waals surface area contributed by atoms with Crippen LogP contribution in [-0.4, -0.2) is 29.6 Å². The first kappa shape index (κ1) is 31.2. The Labute approximate surface area is 242 Å². The molecule has 0 saturated carbocycles. The lowest BCUT2D eigenvalue weighted by Gasteiger charge is -2.31. The van der Waals surface area contributed by atoms with Gasteiger partial charge in [-0.05, 0) is 28.3 Å². The van der Waals surface area contributed by atoms with Crippen LogP contribution in [0.25, 0.3) is 10.4 Å². The van der Waals surface area contributed by atoms with Crippen LogP contribution < -0.4 is 0 Å². The largest absolute Gasteiger partial charge is 0.376 e. The molecule has 0 aliphatic heterocycles. The monoisotopic (exact) mass is 557 g/mol. The Morgan fingerprint density at radius 2 is 1.35 bits per heavy atom. The van der Waals surface area contributed by atoms with Crippen molar-refractivity contribution in [3.8, 4) is 0 Å². The normalized spacial score (nSPS) is 14.1. The van der Waals surface area contributed by atoms with Gasteiger partial charge >= 0.3 is 0 Å². The van der Waals surface area contributed by atoms with Crippen molar-refractivity contribution >= 4 is 11.8 Å². The standard InChI is InChI=1S/C33H39N3O3S/c1-5-29(40-33(2,3)4)21-31(38-23-27-17-11-7-12-18-27)32(39-24-28-19-13-8-14-20-28)30(35-36-34)25-37-22-26-15-9-6-10-16-26/h5-21,30-32H,1,22-25H2,2-4H3/b29-21+/t30-,31+,32+/m0/s1. The minimum atomic E-state index is -0.639. The van der Waals surface area contributed by atoms with E-state index < -0.39 is 18.2 Å². The molecule has 0 heterocycles. The summed E-state index contributed by atoms with van der Waals surface area (Å²) in [6, 6.07) is 29.2. The van der Waals surface area contributed by atoms with Crippen molar-refractivity contribution in [2.45, 2.75) is 63.6 Å². The summed E-state index contributed by atoms with van der Waals surface area (Å²) in [6.45, 7) is 11.8. The smallest absolute Gasteiger partial charge is 0.104 e. The average Bonchev–Trinajstić information content (AvgIpc) is 2.96. The first-order valence-corrected chi connectivity index (χ1v) is 14.2. The molecule has 0 radical (unpaired) electrons. The topological polar surface area (TPSA) is 76.5 Å². The van der Waals surface area contributed by atoms with Crippen LogP contribution in [0.1, 0.15) is 37.5 Å². The number of benzene rings is 3. The van der Waals surface area contributed by atoms with Gasteiger partial charge in [-0.1, -0.05) is 130 Å². The molecule has 40 heavy (non-hydrogen) atoms. The van der Waals surface area contributed by atoms with E-state index in [0.717, 1.165) is 21.6 Å². The third-order valence-corrected chi connectivity index (χ3v) is 6.98. The third kappa shape index (κ3) is 11.4. The van der Waals surface area contributed by atoms with E-state index in [1.807, 2.05) is 103 Å². The molecule has 3 aromatic carbocycles. The van der Waals surface area contributed by atoms with Gasteiger partial charge in [-0.2, -0.15) is 0 Å². The van der Waals surface area contributed by atoms with Gasteiger partial charge in [0, 0.05) is 14.6 Å². The SMILES string of the molecule is C=C/C(=C\[C@@H](OCc1ccccc1)[C@H](OCc1ccccc1)[C@H](COCc1ccccc1)N=[N+]=[N-])SC(C)(C)C. The number of nitrogens with zero attached hydrogens (tertiary/aromatic N) is 3. The van der Waals surface area contributed by atoms with Crippen molar-refractivity contribution < 1.29 is 14.2 Å². The highest BCUT2D eigenvalue weighted by Crippen LogP contribution is 2.33. The maximum absolute atomic E-state index is 9.53. The number of ether oxygens (including phenoxy) is 3. The highest BCUT2D eigenvalue weighted by Gasteiger charge is 2.31. The molecule has 0 aliphatic carbocycles. The lowest BCUT2D eigenvalue weighted by molar-refractivity contribution is -0.0861. The summed E-state index contributed by atoms with van der Waals surface area (Å²) >= 11 is 1.70. The number of hydrogen-bond donors (Lipinski definition) is 0. The Balaban J connectivity index is 1.93. The summed E-state index contributed by atoms with van der Waals surface area (Å²) in [6.07, 6.45) is 2.70. The zero-order valence-electron chi connectivity index (χ0n) is 23.6. The Morgan fingerprint density at radius 1 is 0.850 bits per heavy atom. The van der Waals surface area contributed by atoms with Crippen LogP contribution in [0, 0.1) is 0 Å². The Morgan fingerprint density at radius 3 is 1.82 bits per heavy atom. The molecule has 0 N–H and O–H groups in total. The molecule has 0 bridgehead atoms. The first-order chi connectivity index (χ1) is 19.4. The molecule has 0 fully saturated rings. The highest BCUT2D eigenvalue weighted by molar-refractivity contribution is 8.04. The maximum atomic E-state index is 9.53. The van der Waals surface area contributed by atoms with Crippen molar-refractivity contribution in [1.29, 1.82) is 0 Å². The Hall–Kier alpha value is -3.32. The molecule has 210 valence electrons. The molecule has 0 aromatic heterocycles. The van der Waals surface area contributed by atoms with E-state index in [4.69, 9.17) is 14.2 Å². The van der Waals surface area contributed by atoms with Gasteiger partial charge in [0.05, 0.1) is 38.6 Å². The molecule has 0 spiro atoms. The maximum Gasteiger partial charge on any atom is 0.104 e. The summed E-state index contributed by atoms with van der Waals surface area (Å²) in [5.74, 6) is 0.